The highest BCUT2D eigenvalue weighted by molar-refractivity contribution is 5.79. The van der Waals surface area contributed by atoms with E-state index in [1.165, 1.54) is 5.56 Å². The van der Waals surface area contributed by atoms with Gasteiger partial charge in [-0.15, -0.1) is 0 Å². The molecular formula is C17H24N6O. The average molecular weight is 328 g/mol. The molecule has 1 aliphatic heterocycles. The van der Waals surface area contributed by atoms with Gasteiger partial charge in [-0.2, -0.15) is 5.10 Å². The van der Waals surface area contributed by atoms with E-state index in [9.17, 15) is 0 Å². The van der Waals surface area contributed by atoms with E-state index in [1.54, 1.807) is 14.2 Å². The largest absolute Gasteiger partial charge is 0.377 e. The van der Waals surface area contributed by atoms with Crippen LogP contribution in [-0.4, -0.2) is 40.9 Å². The molecule has 3 rings (SSSR count). The summed E-state index contributed by atoms with van der Waals surface area (Å²) in [7, 11) is 3.45. The van der Waals surface area contributed by atoms with Crippen LogP contribution >= 0.6 is 0 Å². The molecule has 1 aromatic carbocycles. The first-order chi connectivity index (χ1) is 11.8. The number of hydrogen-bond acceptors (Lipinski definition) is 4. The Morgan fingerprint density at radius 2 is 2.21 bits per heavy atom. The van der Waals surface area contributed by atoms with Gasteiger partial charge in [0.05, 0.1) is 6.54 Å². The Hall–Kier alpha value is -2.41. The van der Waals surface area contributed by atoms with Crippen molar-refractivity contribution in [1.29, 1.82) is 0 Å². The predicted molar refractivity (Wildman–Crippen MR) is 92.6 cm³/mol. The zero-order valence-electron chi connectivity index (χ0n) is 14.2. The quantitative estimate of drug-likeness (QED) is 0.635. The van der Waals surface area contributed by atoms with E-state index < -0.39 is 0 Å². The molecule has 1 aliphatic rings. The van der Waals surface area contributed by atoms with E-state index in [0.29, 0.717) is 6.61 Å². The number of guanidine groups is 1. The van der Waals surface area contributed by atoms with Gasteiger partial charge in [0.2, 0.25) is 0 Å². The van der Waals surface area contributed by atoms with Crippen molar-refractivity contribution in [3.63, 3.8) is 0 Å². The zero-order valence-corrected chi connectivity index (χ0v) is 14.2. The van der Waals surface area contributed by atoms with Gasteiger partial charge in [0, 0.05) is 33.2 Å². The third-order valence-electron chi connectivity index (χ3n) is 4.04. The number of aliphatic imine (C=N–C) groups is 1. The standard InChI is InChI=1S/C17H24N6O/c1-18-17(19-10-13-6-4-3-5-7-13)20-14-8-9-16-21-15(12-24-2)22-23(16)11-14/h3-7,14H,8-12H2,1-2H3,(H2,18,19,20). The maximum absolute atomic E-state index is 5.11. The van der Waals surface area contributed by atoms with Crippen LogP contribution in [0.1, 0.15) is 23.6 Å². The Balaban J connectivity index is 1.55. The number of ether oxygens (including phenoxy) is 1. The van der Waals surface area contributed by atoms with E-state index >= 15 is 0 Å². The first-order valence-electron chi connectivity index (χ1n) is 8.21. The minimum absolute atomic E-state index is 0.288. The van der Waals surface area contributed by atoms with E-state index in [-0.39, 0.29) is 6.04 Å². The maximum atomic E-state index is 5.11. The van der Waals surface area contributed by atoms with E-state index in [4.69, 9.17) is 4.74 Å². The number of benzene rings is 1. The SMILES string of the molecule is CN=C(NCc1ccccc1)NC1CCc2nc(COC)nn2C1. The van der Waals surface area contributed by atoms with Crippen LogP contribution in [0.5, 0.6) is 0 Å². The molecule has 2 N–H and O–H groups in total. The number of aryl methyl sites for hydroxylation is 1. The third-order valence-corrected chi connectivity index (χ3v) is 4.04. The van der Waals surface area contributed by atoms with Crippen LogP contribution in [0.15, 0.2) is 35.3 Å². The molecule has 1 unspecified atom stereocenters. The molecule has 1 atom stereocenters. The Morgan fingerprint density at radius 3 is 2.96 bits per heavy atom. The van der Waals surface area contributed by atoms with Crippen molar-refractivity contribution in [2.45, 2.75) is 38.6 Å². The second-order valence-electron chi connectivity index (χ2n) is 5.85. The van der Waals surface area contributed by atoms with Gasteiger partial charge in [0.25, 0.3) is 0 Å². The van der Waals surface area contributed by atoms with Crippen molar-refractivity contribution in [2.24, 2.45) is 4.99 Å². The van der Waals surface area contributed by atoms with Crippen molar-refractivity contribution in [1.82, 2.24) is 25.4 Å². The van der Waals surface area contributed by atoms with Crippen molar-refractivity contribution in [2.75, 3.05) is 14.2 Å². The van der Waals surface area contributed by atoms with Gasteiger partial charge in [-0.3, -0.25) is 4.99 Å². The summed E-state index contributed by atoms with van der Waals surface area (Å²) >= 11 is 0. The van der Waals surface area contributed by atoms with Gasteiger partial charge in [-0.1, -0.05) is 30.3 Å². The maximum Gasteiger partial charge on any atom is 0.191 e. The molecule has 0 bridgehead atoms. The first kappa shape index (κ1) is 16.4. The number of nitrogens with zero attached hydrogens (tertiary/aromatic N) is 4. The number of methoxy groups -OCH3 is 1. The van der Waals surface area contributed by atoms with Gasteiger partial charge in [0.15, 0.2) is 11.8 Å². The molecule has 128 valence electrons. The van der Waals surface area contributed by atoms with Crippen molar-refractivity contribution in [3.8, 4) is 0 Å². The lowest BCUT2D eigenvalue weighted by Crippen LogP contribution is -2.46. The molecular weight excluding hydrogens is 304 g/mol. The van der Waals surface area contributed by atoms with Gasteiger partial charge in [-0.25, -0.2) is 9.67 Å². The molecule has 1 aromatic heterocycles. The molecule has 0 saturated carbocycles. The minimum Gasteiger partial charge on any atom is -0.377 e. The molecule has 7 nitrogen and oxygen atoms in total. The highest BCUT2D eigenvalue weighted by atomic mass is 16.5. The Morgan fingerprint density at radius 1 is 1.38 bits per heavy atom. The topological polar surface area (TPSA) is 76.4 Å². The lowest BCUT2D eigenvalue weighted by molar-refractivity contribution is 0.177. The van der Waals surface area contributed by atoms with Gasteiger partial charge < -0.3 is 15.4 Å². The van der Waals surface area contributed by atoms with Crippen molar-refractivity contribution < 1.29 is 4.74 Å². The van der Waals surface area contributed by atoms with E-state index in [0.717, 1.165) is 43.5 Å². The Kier molecular flexibility index (Phi) is 5.43. The van der Waals surface area contributed by atoms with Crippen LogP contribution in [0.25, 0.3) is 0 Å². The van der Waals surface area contributed by atoms with Crippen LogP contribution in [0.2, 0.25) is 0 Å². The fourth-order valence-corrected chi connectivity index (χ4v) is 2.84. The molecule has 0 amide bonds. The smallest absolute Gasteiger partial charge is 0.191 e. The lowest BCUT2D eigenvalue weighted by Gasteiger charge is -2.25. The molecule has 0 aliphatic carbocycles. The van der Waals surface area contributed by atoms with Crippen LogP contribution in [0.3, 0.4) is 0 Å². The van der Waals surface area contributed by atoms with Crippen LogP contribution < -0.4 is 10.6 Å². The summed E-state index contributed by atoms with van der Waals surface area (Å²) in [5.41, 5.74) is 1.23. The third kappa shape index (κ3) is 4.11. The molecule has 0 saturated heterocycles. The lowest BCUT2D eigenvalue weighted by atomic mass is 10.1. The molecule has 0 fully saturated rings. The monoisotopic (exact) mass is 328 g/mol. The normalized spacial score (nSPS) is 17.4. The summed E-state index contributed by atoms with van der Waals surface area (Å²) in [5, 5.41) is 11.3. The molecule has 7 heteroatoms. The summed E-state index contributed by atoms with van der Waals surface area (Å²) in [6.07, 6.45) is 1.92. The number of rotatable bonds is 5. The second-order valence-corrected chi connectivity index (χ2v) is 5.85. The first-order valence-corrected chi connectivity index (χ1v) is 8.21. The molecule has 0 radical (unpaired) electrons. The summed E-state index contributed by atoms with van der Waals surface area (Å²) in [5.74, 6) is 2.59. The van der Waals surface area contributed by atoms with E-state index in [1.807, 2.05) is 22.9 Å². The Labute approximate surface area is 142 Å². The number of aromatic nitrogens is 3. The highest BCUT2D eigenvalue weighted by Gasteiger charge is 2.22. The van der Waals surface area contributed by atoms with Gasteiger partial charge >= 0.3 is 0 Å². The number of nitrogens with one attached hydrogen (secondary N) is 2. The summed E-state index contributed by atoms with van der Waals surface area (Å²) in [4.78, 5) is 8.82. The van der Waals surface area contributed by atoms with Crippen LogP contribution in [0, 0.1) is 0 Å². The van der Waals surface area contributed by atoms with Crippen molar-refractivity contribution >= 4 is 5.96 Å². The fraction of sp³-hybridized carbons (Fsp3) is 0.471. The summed E-state index contributed by atoms with van der Waals surface area (Å²) in [6.45, 7) is 2.00. The molecule has 0 spiro atoms. The van der Waals surface area contributed by atoms with Gasteiger partial charge in [-0.05, 0) is 12.0 Å². The fourth-order valence-electron chi connectivity index (χ4n) is 2.84. The summed E-state index contributed by atoms with van der Waals surface area (Å²) < 4.78 is 7.08. The van der Waals surface area contributed by atoms with Crippen LogP contribution in [-0.2, 0) is 30.9 Å². The van der Waals surface area contributed by atoms with Gasteiger partial charge in [0.1, 0.15) is 12.4 Å². The number of hydrogen-bond donors (Lipinski definition) is 2. The number of fused-ring (bicyclic) bond motifs is 1. The van der Waals surface area contributed by atoms with E-state index in [2.05, 4.69) is 37.8 Å². The van der Waals surface area contributed by atoms with Crippen LogP contribution in [0.4, 0.5) is 0 Å². The second kappa shape index (κ2) is 7.92. The molecule has 2 aromatic rings. The minimum atomic E-state index is 0.288. The average Bonchev–Trinajstić information content (AvgIpc) is 3.01. The zero-order chi connectivity index (χ0) is 16.8. The van der Waals surface area contributed by atoms with Crippen molar-refractivity contribution in [3.05, 3.63) is 47.5 Å². The highest BCUT2D eigenvalue weighted by Crippen LogP contribution is 2.13. The Bertz CT molecular complexity index is 682. The predicted octanol–water partition coefficient (Wildman–Crippen LogP) is 1.10. The molecule has 24 heavy (non-hydrogen) atoms. The summed E-state index contributed by atoms with van der Waals surface area (Å²) in [6, 6.07) is 10.6. The molecule has 2 heterocycles.